The molecule has 92 valence electrons. The Balaban J connectivity index is 2.40. The molecule has 0 amide bonds. The molecule has 0 saturated carbocycles. The van der Waals surface area contributed by atoms with Gasteiger partial charge in [-0.3, -0.25) is 0 Å². The lowest BCUT2D eigenvalue weighted by atomic mass is 10.1. The predicted octanol–water partition coefficient (Wildman–Crippen LogP) is 2.47. The first-order valence-corrected chi connectivity index (χ1v) is 5.99. The van der Waals surface area contributed by atoms with E-state index in [0.29, 0.717) is 0 Å². The van der Waals surface area contributed by atoms with E-state index in [1.54, 1.807) is 7.11 Å². The molecule has 0 saturated heterocycles. The van der Waals surface area contributed by atoms with Crippen molar-refractivity contribution in [3.05, 3.63) is 30.0 Å². The van der Waals surface area contributed by atoms with Crippen LogP contribution in [0.3, 0.4) is 0 Å². The number of hydrogen-bond acceptors (Lipinski definition) is 2. The molecule has 1 atom stereocenters. The van der Waals surface area contributed by atoms with Gasteiger partial charge in [0, 0.05) is 30.2 Å². The van der Waals surface area contributed by atoms with Crippen LogP contribution in [0.2, 0.25) is 0 Å². The SMILES string of the molecule is COc1ccc2c(c1)c(CC[C@@H](C)N)cn2C. The molecule has 1 heterocycles. The largest absolute Gasteiger partial charge is 0.497 e. The Bertz CT molecular complexity index is 514. The molecule has 0 spiro atoms. The number of fused-ring (bicyclic) bond motifs is 1. The number of ether oxygens (including phenoxy) is 1. The maximum absolute atomic E-state index is 5.82. The van der Waals surface area contributed by atoms with Gasteiger partial charge in [0.15, 0.2) is 0 Å². The van der Waals surface area contributed by atoms with Gasteiger partial charge in [-0.2, -0.15) is 0 Å². The molecule has 0 aliphatic carbocycles. The quantitative estimate of drug-likeness (QED) is 0.879. The molecule has 0 radical (unpaired) electrons. The lowest BCUT2D eigenvalue weighted by Gasteiger charge is -2.04. The molecule has 2 aromatic rings. The monoisotopic (exact) mass is 232 g/mol. The molecule has 0 unspecified atom stereocenters. The Labute approximate surface area is 102 Å². The minimum Gasteiger partial charge on any atom is -0.497 e. The van der Waals surface area contributed by atoms with E-state index in [0.717, 1.165) is 18.6 Å². The van der Waals surface area contributed by atoms with Crippen molar-refractivity contribution >= 4 is 10.9 Å². The topological polar surface area (TPSA) is 40.2 Å². The van der Waals surface area contributed by atoms with Crippen LogP contribution < -0.4 is 10.5 Å². The zero-order valence-corrected chi connectivity index (χ0v) is 10.7. The van der Waals surface area contributed by atoms with Crippen molar-refractivity contribution in [3.63, 3.8) is 0 Å². The highest BCUT2D eigenvalue weighted by molar-refractivity contribution is 5.85. The van der Waals surface area contributed by atoms with Gasteiger partial charge in [-0.25, -0.2) is 0 Å². The summed E-state index contributed by atoms with van der Waals surface area (Å²) in [5.74, 6) is 0.908. The average molecular weight is 232 g/mol. The molecular formula is C14H20N2O. The highest BCUT2D eigenvalue weighted by atomic mass is 16.5. The van der Waals surface area contributed by atoms with Crippen LogP contribution in [-0.4, -0.2) is 17.7 Å². The van der Waals surface area contributed by atoms with Crippen molar-refractivity contribution in [1.82, 2.24) is 4.57 Å². The molecule has 0 bridgehead atoms. The van der Waals surface area contributed by atoms with Gasteiger partial charge in [-0.15, -0.1) is 0 Å². The number of methoxy groups -OCH3 is 1. The number of nitrogens with two attached hydrogens (primary N) is 1. The molecule has 2 rings (SSSR count). The van der Waals surface area contributed by atoms with Crippen molar-refractivity contribution in [2.24, 2.45) is 12.8 Å². The standard InChI is InChI=1S/C14H20N2O/c1-10(15)4-5-11-9-16(2)14-7-6-12(17-3)8-13(11)14/h6-10H,4-5,15H2,1-3H3/t10-/m1/s1. The lowest BCUT2D eigenvalue weighted by Crippen LogP contribution is -2.15. The van der Waals surface area contributed by atoms with Crippen LogP contribution in [0.1, 0.15) is 18.9 Å². The summed E-state index contributed by atoms with van der Waals surface area (Å²) in [4.78, 5) is 0. The van der Waals surface area contributed by atoms with Crippen molar-refractivity contribution < 1.29 is 4.74 Å². The molecule has 2 N–H and O–H groups in total. The number of benzene rings is 1. The smallest absolute Gasteiger partial charge is 0.119 e. The first-order chi connectivity index (χ1) is 8.11. The van der Waals surface area contributed by atoms with Crippen LogP contribution in [0, 0.1) is 0 Å². The molecular weight excluding hydrogens is 212 g/mol. The summed E-state index contributed by atoms with van der Waals surface area (Å²) >= 11 is 0. The van der Waals surface area contributed by atoms with Crippen molar-refractivity contribution in [1.29, 1.82) is 0 Å². The van der Waals surface area contributed by atoms with Crippen molar-refractivity contribution in [2.75, 3.05) is 7.11 Å². The van der Waals surface area contributed by atoms with E-state index >= 15 is 0 Å². The summed E-state index contributed by atoms with van der Waals surface area (Å²) in [7, 11) is 3.77. The summed E-state index contributed by atoms with van der Waals surface area (Å²) in [6.07, 6.45) is 4.21. The summed E-state index contributed by atoms with van der Waals surface area (Å²) in [6.45, 7) is 2.05. The number of rotatable bonds is 4. The van der Waals surface area contributed by atoms with Crippen LogP contribution in [0.5, 0.6) is 5.75 Å². The Kier molecular flexibility index (Phi) is 3.38. The Morgan fingerprint density at radius 1 is 1.41 bits per heavy atom. The van der Waals surface area contributed by atoms with Crippen LogP contribution in [0.15, 0.2) is 24.4 Å². The molecule has 0 fully saturated rings. The first-order valence-electron chi connectivity index (χ1n) is 5.99. The Morgan fingerprint density at radius 2 is 2.18 bits per heavy atom. The second-order valence-electron chi connectivity index (χ2n) is 4.66. The summed E-state index contributed by atoms with van der Waals surface area (Å²) in [5.41, 5.74) is 8.40. The van der Waals surface area contributed by atoms with Gasteiger partial charge in [0.05, 0.1) is 7.11 Å². The normalized spacial score (nSPS) is 12.9. The fourth-order valence-electron chi connectivity index (χ4n) is 2.16. The number of hydrogen-bond donors (Lipinski definition) is 1. The fraction of sp³-hybridized carbons (Fsp3) is 0.429. The van der Waals surface area contributed by atoms with E-state index in [4.69, 9.17) is 10.5 Å². The predicted molar refractivity (Wildman–Crippen MR) is 71.4 cm³/mol. The maximum Gasteiger partial charge on any atom is 0.119 e. The second-order valence-corrected chi connectivity index (χ2v) is 4.66. The number of aromatic nitrogens is 1. The second kappa shape index (κ2) is 4.80. The van der Waals surface area contributed by atoms with E-state index in [9.17, 15) is 0 Å². The molecule has 17 heavy (non-hydrogen) atoms. The first kappa shape index (κ1) is 12.0. The summed E-state index contributed by atoms with van der Waals surface area (Å²) in [5, 5.41) is 1.27. The minimum atomic E-state index is 0.246. The molecule has 3 heteroatoms. The van der Waals surface area contributed by atoms with E-state index < -0.39 is 0 Å². The van der Waals surface area contributed by atoms with E-state index in [-0.39, 0.29) is 6.04 Å². The zero-order chi connectivity index (χ0) is 12.4. The molecule has 1 aromatic carbocycles. The van der Waals surface area contributed by atoms with E-state index in [1.807, 2.05) is 13.0 Å². The molecule has 0 aliphatic heterocycles. The summed E-state index contributed by atoms with van der Waals surface area (Å²) < 4.78 is 7.44. The fourth-order valence-corrected chi connectivity index (χ4v) is 2.16. The van der Waals surface area contributed by atoms with Gasteiger partial charge in [0.25, 0.3) is 0 Å². The van der Waals surface area contributed by atoms with Gasteiger partial charge in [0.2, 0.25) is 0 Å². The average Bonchev–Trinajstić information content (AvgIpc) is 2.63. The molecule has 3 nitrogen and oxygen atoms in total. The third-order valence-corrected chi connectivity index (χ3v) is 3.15. The van der Waals surface area contributed by atoms with Gasteiger partial charge in [-0.05, 0) is 43.5 Å². The van der Waals surface area contributed by atoms with Crippen molar-refractivity contribution in [2.45, 2.75) is 25.8 Å². The molecule has 0 aliphatic rings. The minimum absolute atomic E-state index is 0.246. The lowest BCUT2D eigenvalue weighted by molar-refractivity contribution is 0.415. The van der Waals surface area contributed by atoms with Crippen LogP contribution in [-0.2, 0) is 13.5 Å². The third kappa shape index (κ3) is 2.44. The van der Waals surface area contributed by atoms with E-state index in [2.05, 4.69) is 29.9 Å². The van der Waals surface area contributed by atoms with Crippen molar-refractivity contribution in [3.8, 4) is 5.75 Å². The highest BCUT2D eigenvalue weighted by Crippen LogP contribution is 2.26. The van der Waals surface area contributed by atoms with Gasteiger partial charge in [-0.1, -0.05) is 0 Å². The number of aryl methyl sites for hydroxylation is 2. The van der Waals surface area contributed by atoms with Crippen LogP contribution >= 0.6 is 0 Å². The van der Waals surface area contributed by atoms with Gasteiger partial charge in [0.1, 0.15) is 5.75 Å². The maximum atomic E-state index is 5.82. The Morgan fingerprint density at radius 3 is 2.82 bits per heavy atom. The number of nitrogens with zero attached hydrogens (tertiary/aromatic N) is 1. The van der Waals surface area contributed by atoms with Crippen LogP contribution in [0.25, 0.3) is 10.9 Å². The third-order valence-electron chi connectivity index (χ3n) is 3.15. The van der Waals surface area contributed by atoms with Gasteiger partial charge < -0.3 is 15.0 Å². The molecule has 1 aromatic heterocycles. The zero-order valence-electron chi connectivity index (χ0n) is 10.7. The Hall–Kier alpha value is -1.48. The highest BCUT2D eigenvalue weighted by Gasteiger charge is 2.08. The van der Waals surface area contributed by atoms with E-state index in [1.165, 1.54) is 16.5 Å². The van der Waals surface area contributed by atoms with Crippen LogP contribution in [0.4, 0.5) is 0 Å². The van der Waals surface area contributed by atoms with Gasteiger partial charge >= 0.3 is 0 Å². The summed E-state index contributed by atoms with van der Waals surface area (Å²) in [6, 6.07) is 6.45.